The molecule has 0 saturated carbocycles. The molecule has 1 aliphatic rings. The Morgan fingerprint density at radius 3 is 1.87 bits per heavy atom. The summed E-state index contributed by atoms with van der Waals surface area (Å²) in [6, 6.07) is 61.2. The molecule has 3 aromatic heterocycles. The molecule has 8 aromatic carbocycles. The predicted octanol–water partition coefficient (Wildman–Crippen LogP) is 14.1. The van der Waals surface area contributed by atoms with Crippen molar-refractivity contribution >= 4 is 43.4 Å². The minimum Gasteiger partial charge on any atom is -0.436 e. The minimum absolute atomic E-state index is 0.116. The Morgan fingerprint density at radius 2 is 1.03 bits per heavy atom. The first-order valence-corrected chi connectivity index (χ1v) is 21.2. The molecule has 7 heteroatoms. The second-order valence-electron chi connectivity index (χ2n) is 16.1. The van der Waals surface area contributed by atoms with Gasteiger partial charge in [-0.25, -0.2) is 24.9 Å². The third kappa shape index (κ3) is 6.04. The minimum atomic E-state index is -0.116. The van der Waals surface area contributed by atoms with E-state index in [0.717, 1.165) is 65.3 Å². The Balaban J connectivity index is 1.04. The van der Waals surface area contributed by atoms with Gasteiger partial charge in [0.05, 0.1) is 10.2 Å². The van der Waals surface area contributed by atoms with Crippen molar-refractivity contribution in [2.45, 2.75) is 19.3 Å². The second-order valence-corrected chi connectivity index (χ2v) is 17.2. The maximum atomic E-state index is 6.36. The van der Waals surface area contributed by atoms with Crippen LogP contribution >= 0.6 is 11.3 Å². The molecule has 1 aliphatic carbocycles. The van der Waals surface area contributed by atoms with E-state index in [-0.39, 0.29) is 5.41 Å². The highest BCUT2D eigenvalue weighted by atomic mass is 32.1. The highest BCUT2D eigenvalue weighted by Gasteiger charge is 2.35. The van der Waals surface area contributed by atoms with Crippen LogP contribution in [0.15, 0.2) is 180 Å². The molecule has 0 spiro atoms. The fourth-order valence-electron chi connectivity index (χ4n) is 8.80. The predicted molar refractivity (Wildman–Crippen MR) is 248 cm³/mol. The molecule has 0 bridgehead atoms. The first-order chi connectivity index (χ1) is 29.9. The monoisotopic (exact) mass is 801 g/mol. The van der Waals surface area contributed by atoms with Crippen LogP contribution in [-0.4, -0.2) is 24.9 Å². The number of para-hydroxylation sites is 3. The Kier molecular flexibility index (Phi) is 7.95. The topological polar surface area (TPSA) is 77.6 Å². The summed E-state index contributed by atoms with van der Waals surface area (Å²) in [5, 5.41) is 3.32. The fourth-order valence-corrected chi connectivity index (χ4v) is 9.75. The van der Waals surface area contributed by atoms with Crippen LogP contribution in [0, 0.1) is 0 Å². The van der Waals surface area contributed by atoms with Crippen molar-refractivity contribution in [2.24, 2.45) is 0 Å². The highest BCUT2D eigenvalue weighted by Crippen LogP contribution is 2.49. The molecule has 0 saturated heterocycles. The summed E-state index contributed by atoms with van der Waals surface area (Å²) in [6.45, 7) is 4.59. The zero-order valence-electron chi connectivity index (χ0n) is 33.3. The van der Waals surface area contributed by atoms with Crippen LogP contribution in [0.3, 0.4) is 0 Å². The molecule has 6 nitrogen and oxygen atoms in total. The molecule has 288 valence electrons. The van der Waals surface area contributed by atoms with E-state index in [1.807, 2.05) is 42.5 Å². The van der Waals surface area contributed by atoms with Gasteiger partial charge in [-0.3, -0.25) is 0 Å². The molecule has 61 heavy (non-hydrogen) atoms. The van der Waals surface area contributed by atoms with E-state index in [1.165, 1.54) is 33.0 Å². The zero-order valence-corrected chi connectivity index (χ0v) is 34.1. The van der Waals surface area contributed by atoms with Gasteiger partial charge in [0, 0.05) is 33.2 Å². The van der Waals surface area contributed by atoms with Gasteiger partial charge in [-0.05, 0) is 98.8 Å². The number of fused-ring (bicyclic) bond motifs is 6. The quantitative estimate of drug-likeness (QED) is 0.167. The summed E-state index contributed by atoms with van der Waals surface area (Å²) in [5.41, 5.74) is 14.1. The lowest BCUT2D eigenvalue weighted by Gasteiger charge is -2.21. The molecule has 11 aromatic rings. The Hall–Kier alpha value is -7.61. The zero-order chi connectivity index (χ0) is 40.7. The van der Waals surface area contributed by atoms with Crippen molar-refractivity contribution < 1.29 is 4.42 Å². The Bertz CT molecular complexity index is 3370. The number of oxazole rings is 1. The molecule has 0 fully saturated rings. The van der Waals surface area contributed by atoms with Gasteiger partial charge < -0.3 is 4.42 Å². The average Bonchev–Trinajstić information content (AvgIpc) is 4.02. The van der Waals surface area contributed by atoms with Gasteiger partial charge in [0.2, 0.25) is 5.89 Å². The van der Waals surface area contributed by atoms with Gasteiger partial charge in [0.15, 0.2) is 23.1 Å². The molecule has 0 aliphatic heterocycles. The van der Waals surface area contributed by atoms with E-state index < -0.39 is 0 Å². The molecular weight excluding hydrogens is 767 g/mol. The molecule has 12 rings (SSSR count). The average molecular weight is 802 g/mol. The standard InChI is InChI=1S/C54H35N5OS/c1-54(2)43-14-6-5-13-41(43)42-31-37(25-26-44(42)54)50-57-49(34-22-19-33(20-23-34)36-24-21-32-11-3-4-12-35(32)27-36)58-51(59-50)38-28-39(52-55-45-15-7-9-17-47(45)60-52)30-40(29-38)53-56-46-16-8-10-18-48(46)61-53/h3-31H,1-2H3. The number of rotatable bonds is 6. The van der Waals surface area contributed by atoms with Gasteiger partial charge >= 0.3 is 0 Å². The summed E-state index contributed by atoms with van der Waals surface area (Å²) in [7, 11) is 0. The first kappa shape index (κ1) is 35.3. The van der Waals surface area contributed by atoms with Crippen molar-refractivity contribution in [1.29, 1.82) is 0 Å². The molecule has 0 radical (unpaired) electrons. The highest BCUT2D eigenvalue weighted by molar-refractivity contribution is 7.21. The lowest BCUT2D eigenvalue weighted by atomic mass is 9.82. The number of nitrogens with zero attached hydrogens (tertiary/aromatic N) is 5. The van der Waals surface area contributed by atoms with E-state index in [1.54, 1.807) is 11.3 Å². The van der Waals surface area contributed by atoms with E-state index in [2.05, 4.69) is 147 Å². The Labute approximate surface area is 355 Å². The molecule has 0 amide bonds. The number of benzene rings is 8. The summed E-state index contributed by atoms with van der Waals surface area (Å²) in [4.78, 5) is 25.7. The summed E-state index contributed by atoms with van der Waals surface area (Å²) in [6.07, 6.45) is 0. The maximum Gasteiger partial charge on any atom is 0.227 e. The number of thiazole rings is 1. The second kappa shape index (κ2) is 13.7. The largest absolute Gasteiger partial charge is 0.436 e. The maximum absolute atomic E-state index is 6.36. The molecular formula is C54H35N5OS. The molecule has 0 unspecified atom stereocenters. The lowest BCUT2D eigenvalue weighted by Crippen LogP contribution is -2.14. The third-order valence-electron chi connectivity index (χ3n) is 12.0. The van der Waals surface area contributed by atoms with Gasteiger partial charge in [0.25, 0.3) is 0 Å². The van der Waals surface area contributed by atoms with E-state index in [4.69, 9.17) is 29.3 Å². The van der Waals surface area contributed by atoms with Crippen molar-refractivity contribution in [1.82, 2.24) is 24.9 Å². The SMILES string of the molecule is CC1(C)c2ccccc2-c2cc(-c3nc(-c4ccc(-c5ccc6ccccc6c5)cc4)nc(-c4cc(-c5nc6ccccc6o5)cc(-c5nc6ccccc6s5)c4)n3)ccc21. The van der Waals surface area contributed by atoms with Crippen molar-refractivity contribution in [2.75, 3.05) is 0 Å². The fraction of sp³-hybridized carbons (Fsp3) is 0.0556. The van der Waals surface area contributed by atoms with Gasteiger partial charge in [-0.1, -0.05) is 135 Å². The van der Waals surface area contributed by atoms with Crippen LogP contribution in [0.25, 0.3) is 111 Å². The number of hydrogen-bond donors (Lipinski definition) is 0. The van der Waals surface area contributed by atoms with Crippen LogP contribution in [0.1, 0.15) is 25.0 Å². The lowest BCUT2D eigenvalue weighted by molar-refractivity contribution is 0.620. The van der Waals surface area contributed by atoms with Gasteiger partial charge in [0.1, 0.15) is 10.5 Å². The van der Waals surface area contributed by atoms with Gasteiger partial charge in [-0.15, -0.1) is 11.3 Å². The van der Waals surface area contributed by atoms with E-state index >= 15 is 0 Å². The van der Waals surface area contributed by atoms with Crippen molar-refractivity contribution in [3.63, 3.8) is 0 Å². The molecule has 3 heterocycles. The van der Waals surface area contributed by atoms with Crippen molar-refractivity contribution in [3.8, 4) is 78.4 Å². The van der Waals surface area contributed by atoms with Crippen LogP contribution in [-0.2, 0) is 5.41 Å². The van der Waals surface area contributed by atoms with Crippen LogP contribution < -0.4 is 0 Å². The first-order valence-electron chi connectivity index (χ1n) is 20.4. The summed E-state index contributed by atoms with van der Waals surface area (Å²) in [5.74, 6) is 2.24. The number of aromatic nitrogens is 5. The molecule has 0 atom stereocenters. The third-order valence-corrected chi connectivity index (χ3v) is 13.1. The summed E-state index contributed by atoms with van der Waals surface area (Å²) >= 11 is 1.65. The smallest absolute Gasteiger partial charge is 0.227 e. The number of hydrogen-bond acceptors (Lipinski definition) is 7. The normalized spacial score (nSPS) is 12.9. The van der Waals surface area contributed by atoms with Crippen molar-refractivity contribution in [3.05, 3.63) is 187 Å². The van der Waals surface area contributed by atoms with Crippen LogP contribution in [0.4, 0.5) is 0 Å². The van der Waals surface area contributed by atoms with Crippen LogP contribution in [0.2, 0.25) is 0 Å². The van der Waals surface area contributed by atoms with Crippen LogP contribution in [0.5, 0.6) is 0 Å². The Morgan fingerprint density at radius 1 is 0.410 bits per heavy atom. The van der Waals surface area contributed by atoms with E-state index in [9.17, 15) is 0 Å². The molecule has 0 N–H and O–H groups in total. The van der Waals surface area contributed by atoms with Gasteiger partial charge in [-0.2, -0.15) is 0 Å². The van der Waals surface area contributed by atoms with E-state index in [0.29, 0.717) is 23.4 Å². The summed E-state index contributed by atoms with van der Waals surface area (Å²) < 4.78 is 7.47.